The molecule has 1 aromatic heterocycles. The molecule has 4 nitrogen and oxygen atoms in total. The molecule has 0 spiro atoms. The molecule has 0 radical (unpaired) electrons. The summed E-state index contributed by atoms with van der Waals surface area (Å²) in [6.07, 6.45) is 3.68. The van der Waals surface area contributed by atoms with E-state index in [9.17, 15) is 4.79 Å². The molecule has 0 saturated carbocycles. The number of para-hydroxylation sites is 1. The first-order valence-corrected chi connectivity index (χ1v) is 12.7. The van der Waals surface area contributed by atoms with Crippen molar-refractivity contribution in [3.8, 4) is 0 Å². The van der Waals surface area contributed by atoms with Gasteiger partial charge in [-0.3, -0.25) is 9.78 Å². The highest BCUT2D eigenvalue weighted by Crippen LogP contribution is 2.34. The van der Waals surface area contributed by atoms with Gasteiger partial charge in [-0.2, -0.15) is 0 Å². The highest BCUT2D eigenvalue weighted by atomic mass is 16.2. The third kappa shape index (κ3) is 4.36. The van der Waals surface area contributed by atoms with Crippen molar-refractivity contribution < 1.29 is 4.79 Å². The van der Waals surface area contributed by atoms with Gasteiger partial charge in [-0.15, -0.1) is 0 Å². The van der Waals surface area contributed by atoms with E-state index < -0.39 is 0 Å². The predicted octanol–water partition coefficient (Wildman–Crippen LogP) is 6.52. The molecule has 36 heavy (non-hydrogen) atoms. The number of benzene rings is 4. The second-order valence-corrected chi connectivity index (χ2v) is 9.54. The Labute approximate surface area is 211 Å². The lowest BCUT2D eigenvalue weighted by Crippen LogP contribution is -2.46. The SMILES string of the molecule is O=C(c1cccc2ccccc12)N1CC[C@H](NCc2ccnc3ccccc23)C[C@@H]1c1ccccc1. The van der Waals surface area contributed by atoms with Gasteiger partial charge in [0, 0.05) is 36.3 Å². The summed E-state index contributed by atoms with van der Waals surface area (Å²) in [7, 11) is 0. The van der Waals surface area contributed by atoms with Crippen LogP contribution in [0.1, 0.15) is 40.4 Å². The van der Waals surface area contributed by atoms with Gasteiger partial charge in [0.15, 0.2) is 0 Å². The zero-order valence-electron chi connectivity index (χ0n) is 20.2. The molecule has 0 bridgehead atoms. The van der Waals surface area contributed by atoms with Crippen LogP contribution in [-0.2, 0) is 6.54 Å². The lowest BCUT2D eigenvalue weighted by atomic mass is 9.90. The van der Waals surface area contributed by atoms with E-state index in [0.717, 1.165) is 47.8 Å². The molecule has 1 N–H and O–H groups in total. The summed E-state index contributed by atoms with van der Waals surface area (Å²) >= 11 is 0. The van der Waals surface area contributed by atoms with Crippen molar-refractivity contribution in [2.24, 2.45) is 0 Å². The van der Waals surface area contributed by atoms with Crippen LogP contribution < -0.4 is 5.32 Å². The van der Waals surface area contributed by atoms with Gasteiger partial charge in [-0.1, -0.05) is 84.9 Å². The minimum atomic E-state index is 0.0260. The van der Waals surface area contributed by atoms with Crippen LogP contribution in [0.3, 0.4) is 0 Å². The van der Waals surface area contributed by atoms with Crippen LogP contribution in [0.4, 0.5) is 0 Å². The van der Waals surface area contributed by atoms with Gasteiger partial charge < -0.3 is 10.2 Å². The third-order valence-electron chi connectivity index (χ3n) is 7.39. The molecular formula is C32H29N3O. The van der Waals surface area contributed by atoms with Gasteiger partial charge in [0.2, 0.25) is 0 Å². The molecular weight excluding hydrogens is 442 g/mol. The second-order valence-electron chi connectivity index (χ2n) is 9.54. The van der Waals surface area contributed by atoms with Gasteiger partial charge in [-0.05, 0) is 52.9 Å². The molecule has 1 aliphatic rings. The topological polar surface area (TPSA) is 45.2 Å². The Kier molecular flexibility index (Phi) is 6.18. The number of pyridine rings is 1. The number of aromatic nitrogens is 1. The number of fused-ring (bicyclic) bond motifs is 2. The summed E-state index contributed by atoms with van der Waals surface area (Å²) < 4.78 is 0. The standard InChI is InChI=1S/C32H29N3O/c36-32(29-15-8-12-23-9-4-5-13-27(23)29)35-20-18-26(21-31(35)24-10-2-1-3-11-24)34-22-25-17-19-33-30-16-7-6-14-28(25)30/h1-17,19,26,31,34H,18,20-22H2/t26-,31+/m0/s1. The lowest BCUT2D eigenvalue weighted by molar-refractivity contribution is 0.0576. The van der Waals surface area contributed by atoms with Crippen molar-refractivity contribution in [3.63, 3.8) is 0 Å². The summed E-state index contributed by atoms with van der Waals surface area (Å²) in [5.74, 6) is 0.110. The molecule has 4 heteroatoms. The largest absolute Gasteiger partial charge is 0.331 e. The van der Waals surface area contributed by atoms with Gasteiger partial charge in [-0.25, -0.2) is 0 Å². The molecule has 4 aromatic carbocycles. The molecule has 6 rings (SSSR count). The molecule has 1 saturated heterocycles. The smallest absolute Gasteiger partial charge is 0.254 e. The molecule has 1 amide bonds. The van der Waals surface area contributed by atoms with Gasteiger partial charge in [0.1, 0.15) is 0 Å². The van der Waals surface area contributed by atoms with E-state index in [1.807, 2.05) is 48.7 Å². The average molecular weight is 472 g/mol. The van der Waals surface area contributed by atoms with E-state index in [1.54, 1.807) is 0 Å². The molecule has 0 unspecified atom stereocenters. The number of amides is 1. The van der Waals surface area contributed by atoms with E-state index in [2.05, 4.69) is 75.9 Å². The van der Waals surface area contributed by atoms with E-state index >= 15 is 0 Å². The summed E-state index contributed by atoms with van der Waals surface area (Å²) in [6.45, 7) is 1.50. The first kappa shape index (κ1) is 22.4. The first-order chi connectivity index (χ1) is 17.8. The summed E-state index contributed by atoms with van der Waals surface area (Å²) in [5.41, 5.74) is 4.25. The summed E-state index contributed by atoms with van der Waals surface area (Å²) in [6, 6.07) is 35.4. The zero-order valence-corrected chi connectivity index (χ0v) is 20.2. The minimum Gasteiger partial charge on any atom is -0.331 e. The quantitative estimate of drug-likeness (QED) is 0.317. The lowest BCUT2D eigenvalue weighted by Gasteiger charge is -2.40. The summed E-state index contributed by atoms with van der Waals surface area (Å²) in [5, 5.41) is 7.10. The zero-order chi connectivity index (χ0) is 24.3. The normalized spacial score (nSPS) is 17.9. The predicted molar refractivity (Wildman–Crippen MR) is 146 cm³/mol. The fourth-order valence-electron chi connectivity index (χ4n) is 5.52. The van der Waals surface area contributed by atoms with Crippen molar-refractivity contribution in [2.45, 2.75) is 31.5 Å². The highest BCUT2D eigenvalue weighted by Gasteiger charge is 2.33. The van der Waals surface area contributed by atoms with Gasteiger partial charge in [0.25, 0.3) is 5.91 Å². The first-order valence-electron chi connectivity index (χ1n) is 12.7. The number of nitrogens with zero attached hydrogens (tertiary/aromatic N) is 2. The fraction of sp³-hybridized carbons (Fsp3) is 0.188. The summed E-state index contributed by atoms with van der Waals surface area (Å²) in [4.78, 5) is 20.5. The number of likely N-dealkylation sites (tertiary alicyclic amines) is 1. The van der Waals surface area contributed by atoms with Crippen molar-refractivity contribution in [3.05, 3.63) is 126 Å². The monoisotopic (exact) mass is 471 g/mol. The van der Waals surface area contributed by atoms with Crippen LogP contribution in [0, 0.1) is 0 Å². The average Bonchev–Trinajstić information content (AvgIpc) is 2.95. The Balaban J connectivity index is 1.26. The number of rotatable bonds is 5. The van der Waals surface area contributed by atoms with Crippen molar-refractivity contribution >= 4 is 27.6 Å². The van der Waals surface area contributed by atoms with Crippen LogP contribution in [0.25, 0.3) is 21.7 Å². The molecule has 2 heterocycles. The fourth-order valence-corrected chi connectivity index (χ4v) is 5.52. The number of piperidine rings is 1. The second kappa shape index (κ2) is 9.92. The van der Waals surface area contributed by atoms with E-state index in [1.165, 1.54) is 16.5 Å². The Bertz CT molecular complexity index is 1500. The Hall–Kier alpha value is -4.02. The Morgan fingerprint density at radius 3 is 2.47 bits per heavy atom. The number of hydrogen-bond donors (Lipinski definition) is 1. The number of nitrogens with one attached hydrogen (secondary N) is 1. The van der Waals surface area contributed by atoms with E-state index in [-0.39, 0.29) is 11.9 Å². The third-order valence-corrected chi connectivity index (χ3v) is 7.39. The number of carbonyl (C=O) groups excluding carboxylic acids is 1. The highest BCUT2D eigenvalue weighted by molar-refractivity contribution is 6.07. The molecule has 178 valence electrons. The number of carbonyl (C=O) groups is 1. The van der Waals surface area contributed by atoms with Gasteiger partial charge in [0.05, 0.1) is 11.6 Å². The van der Waals surface area contributed by atoms with Crippen LogP contribution in [0.2, 0.25) is 0 Å². The molecule has 2 atom stereocenters. The molecule has 1 aliphatic heterocycles. The van der Waals surface area contributed by atoms with E-state index in [4.69, 9.17) is 0 Å². The number of hydrogen-bond acceptors (Lipinski definition) is 3. The van der Waals surface area contributed by atoms with E-state index in [0.29, 0.717) is 6.04 Å². The molecule has 1 fully saturated rings. The maximum atomic E-state index is 13.9. The van der Waals surface area contributed by atoms with Crippen molar-refractivity contribution in [1.82, 2.24) is 15.2 Å². The van der Waals surface area contributed by atoms with Crippen LogP contribution in [0.5, 0.6) is 0 Å². The van der Waals surface area contributed by atoms with Crippen molar-refractivity contribution in [1.29, 1.82) is 0 Å². The molecule has 5 aromatic rings. The van der Waals surface area contributed by atoms with Crippen LogP contribution in [0.15, 0.2) is 109 Å². The minimum absolute atomic E-state index is 0.0260. The van der Waals surface area contributed by atoms with Crippen molar-refractivity contribution in [2.75, 3.05) is 6.54 Å². The maximum Gasteiger partial charge on any atom is 0.254 e. The van der Waals surface area contributed by atoms with Crippen LogP contribution in [-0.4, -0.2) is 28.4 Å². The van der Waals surface area contributed by atoms with Crippen LogP contribution >= 0.6 is 0 Å². The Morgan fingerprint density at radius 2 is 1.58 bits per heavy atom. The Morgan fingerprint density at radius 1 is 0.833 bits per heavy atom. The molecule has 0 aliphatic carbocycles. The van der Waals surface area contributed by atoms with Gasteiger partial charge >= 0.3 is 0 Å². The maximum absolute atomic E-state index is 13.9.